The molecule has 0 radical (unpaired) electrons. The third kappa shape index (κ3) is 4.20. The normalized spacial score (nSPS) is 12.2. The van der Waals surface area contributed by atoms with Gasteiger partial charge in [-0.2, -0.15) is 0 Å². The first kappa shape index (κ1) is 14.3. The number of benzene rings is 1. The van der Waals surface area contributed by atoms with Crippen LogP contribution in [0.2, 0.25) is 5.02 Å². The number of amides is 1. The van der Waals surface area contributed by atoms with Crippen LogP contribution in [0.15, 0.2) is 24.3 Å². The molecule has 6 heteroatoms. The van der Waals surface area contributed by atoms with Crippen LogP contribution in [-0.4, -0.2) is 20.8 Å². The highest BCUT2D eigenvalue weighted by Gasteiger charge is 2.26. The van der Waals surface area contributed by atoms with Crippen LogP contribution in [0.3, 0.4) is 0 Å². The van der Waals surface area contributed by atoms with Crippen molar-refractivity contribution in [2.75, 3.05) is 10.8 Å². The van der Waals surface area contributed by atoms with Crippen molar-refractivity contribution < 1.29 is 14.6 Å². The fourth-order valence-electron chi connectivity index (χ4n) is 1.15. The van der Waals surface area contributed by atoms with Crippen molar-refractivity contribution >= 4 is 33.7 Å². The molecular weight excluding hydrogens is 262 g/mol. The highest BCUT2D eigenvalue weighted by molar-refractivity contribution is 8.06. The van der Waals surface area contributed by atoms with Crippen LogP contribution in [0.4, 0.5) is 10.5 Å². The van der Waals surface area contributed by atoms with Crippen molar-refractivity contribution in [3.8, 4) is 0 Å². The van der Waals surface area contributed by atoms with Gasteiger partial charge in [0.15, 0.2) is 0 Å². The Balaban J connectivity index is 2.65. The fraction of sp³-hybridized carbons (Fsp3) is 0.364. The van der Waals surface area contributed by atoms with E-state index in [9.17, 15) is 14.6 Å². The molecule has 0 aliphatic carbocycles. The minimum absolute atomic E-state index is 0.254. The molecule has 17 heavy (non-hydrogen) atoms. The Kier molecular flexibility index (Phi) is 5.77. The molecule has 1 amide bonds. The number of halogens is 1. The van der Waals surface area contributed by atoms with E-state index in [2.05, 4.69) is 0 Å². The van der Waals surface area contributed by atoms with Crippen molar-refractivity contribution in [1.29, 1.82) is 0 Å². The third-order valence-corrected chi connectivity index (χ3v) is 3.60. The van der Waals surface area contributed by atoms with Crippen molar-refractivity contribution in [1.82, 2.24) is 0 Å². The molecule has 4 nitrogen and oxygen atoms in total. The van der Waals surface area contributed by atoms with E-state index in [-0.39, 0.29) is 11.4 Å². The number of hydroxylamine groups is 1. The predicted molar refractivity (Wildman–Crippen MR) is 69.0 cm³/mol. The number of rotatable bonds is 4. The SMILES string of the molecule is CCCC[S+]([O-])C(=O)N(O)c1ccc(Cl)cc1. The van der Waals surface area contributed by atoms with Crippen LogP contribution >= 0.6 is 11.6 Å². The van der Waals surface area contributed by atoms with Crippen molar-refractivity contribution in [2.45, 2.75) is 19.8 Å². The summed E-state index contributed by atoms with van der Waals surface area (Å²) in [6, 6.07) is 6.05. The lowest BCUT2D eigenvalue weighted by molar-refractivity contribution is 0.223. The van der Waals surface area contributed by atoms with Gasteiger partial charge in [-0.15, -0.1) is 5.06 Å². The molecule has 0 aliphatic heterocycles. The van der Waals surface area contributed by atoms with E-state index >= 15 is 0 Å². The summed E-state index contributed by atoms with van der Waals surface area (Å²) >= 11 is 3.99. The van der Waals surface area contributed by atoms with E-state index < -0.39 is 16.4 Å². The van der Waals surface area contributed by atoms with E-state index in [0.29, 0.717) is 16.5 Å². The van der Waals surface area contributed by atoms with Crippen LogP contribution < -0.4 is 5.06 Å². The molecule has 0 aromatic heterocycles. The molecular formula is C11H14ClNO3S. The molecule has 1 unspecified atom stereocenters. The lowest BCUT2D eigenvalue weighted by atomic mass is 10.3. The minimum Gasteiger partial charge on any atom is -0.608 e. The third-order valence-electron chi connectivity index (χ3n) is 2.12. The number of carbonyl (C=O) groups is 1. The van der Waals surface area contributed by atoms with Gasteiger partial charge in [-0.1, -0.05) is 24.9 Å². The number of unbranched alkanes of at least 4 members (excludes halogenated alkanes) is 1. The number of nitrogens with zero attached hydrogens (tertiary/aromatic N) is 1. The number of hydrogen-bond donors (Lipinski definition) is 1. The Labute approximate surface area is 108 Å². The van der Waals surface area contributed by atoms with Crippen LogP contribution in [0, 0.1) is 0 Å². The summed E-state index contributed by atoms with van der Waals surface area (Å²) in [6.45, 7) is 1.94. The molecule has 1 N–H and O–H groups in total. The zero-order chi connectivity index (χ0) is 12.8. The van der Waals surface area contributed by atoms with Gasteiger partial charge in [-0.3, -0.25) is 5.21 Å². The molecule has 0 saturated heterocycles. The zero-order valence-corrected chi connectivity index (χ0v) is 11.0. The van der Waals surface area contributed by atoms with Gasteiger partial charge >= 0.3 is 5.24 Å². The second-order valence-corrected chi connectivity index (χ2v) is 5.34. The van der Waals surface area contributed by atoms with Gasteiger partial charge in [0, 0.05) is 16.2 Å². The molecule has 0 aliphatic rings. The average molecular weight is 276 g/mol. The molecule has 0 saturated carbocycles. The first-order chi connectivity index (χ1) is 8.06. The summed E-state index contributed by atoms with van der Waals surface area (Å²) in [5, 5.41) is 9.70. The highest BCUT2D eigenvalue weighted by Crippen LogP contribution is 2.18. The second-order valence-electron chi connectivity index (χ2n) is 3.46. The Bertz CT molecular complexity index is 371. The van der Waals surface area contributed by atoms with E-state index in [1.165, 1.54) is 12.1 Å². The predicted octanol–water partition coefficient (Wildman–Crippen LogP) is 3.20. The van der Waals surface area contributed by atoms with Crippen LogP contribution in [0.25, 0.3) is 0 Å². The van der Waals surface area contributed by atoms with Crippen molar-refractivity contribution in [3.05, 3.63) is 29.3 Å². The van der Waals surface area contributed by atoms with Gasteiger partial charge in [0.1, 0.15) is 5.75 Å². The maximum absolute atomic E-state index is 11.6. The van der Waals surface area contributed by atoms with E-state index in [1.807, 2.05) is 6.92 Å². The lowest BCUT2D eigenvalue weighted by Gasteiger charge is -2.16. The summed E-state index contributed by atoms with van der Waals surface area (Å²) in [5.41, 5.74) is 0.254. The molecule has 0 spiro atoms. The summed E-state index contributed by atoms with van der Waals surface area (Å²) in [6.07, 6.45) is 1.54. The molecule has 1 rings (SSSR count). The molecule has 0 bridgehead atoms. The van der Waals surface area contributed by atoms with Gasteiger partial charge in [0.2, 0.25) is 0 Å². The van der Waals surface area contributed by atoms with Crippen molar-refractivity contribution in [2.24, 2.45) is 0 Å². The van der Waals surface area contributed by atoms with E-state index in [1.54, 1.807) is 12.1 Å². The number of anilines is 1. The standard InChI is InChI=1S/C11H14ClNO3S/c1-2-3-8-17(16)11(14)13(15)10-6-4-9(12)5-7-10/h4-7,15H,2-3,8H2,1H3. The minimum atomic E-state index is -1.70. The van der Waals surface area contributed by atoms with Gasteiger partial charge in [-0.05, 0) is 30.7 Å². The maximum atomic E-state index is 11.6. The van der Waals surface area contributed by atoms with Gasteiger partial charge in [-0.25, -0.2) is 4.79 Å². The maximum Gasteiger partial charge on any atom is 0.457 e. The molecule has 1 aromatic rings. The second kappa shape index (κ2) is 6.86. The van der Waals surface area contributed by atoms with Crippen LogP contribution in [0.1, 0.15) is 19.8 Å². The summed E-state index contributed by atoms with van der Waals surface area (Å²) in [7, 11) is 0. The fourth-order valence-corrected chi connectivity index (χ4v) is 2.30. The molecule has 1 aromatic carbocycles. The number of carbonyl (C=O) groups excluding carboxylic acids is 1. The highest BCUT2D eigenvalue weighted by atomic mass is 35.5. The van der Waals surface area contributed by atoms with Crippen LogP contribution in [0.5, 0.6) is 0 Å². The lowest BCUT2D eigenvalue weighted by Crippen LogP contribution is -2.33. The molecule has 1 atom stereocenters. The first-order valence-electron chi connectivity index (χ1n) is 5.23. The van der Waals surface area contributed by atoms with Gasteiger partial charge in [0.25, 0.3) is 0 Å². The topological polar surface area (TPSA) is 63.6 Å². The molecule has 94 valence electrons. The Hall–Kier alpha value is -0.750. The Morgan fingerprint density at radius 1 is 1.47 bits per heavy atom. The summed E-state index contributed by atoms with van der Waals surface area (Å²) in [5.74, 6) is 0.264. The summed E-state index contributed by atoms with van der Waals surface area (Å²) < 4.78 is 11.5. The molecule has 0 fully saturated rings. The summed E-state index contributed by atoms with van der Waals surface area (Å²) in [4.78, 5) is 11.6. The largest absolute Gasteiger partial charge is 0.608 e. The van der Waals surface area contributed by atoms with Gasteiger partial charge in [0.05, 0.1) is 5.69 Å². The van der Waals surface area contributed by atoms with E-state index in [4.69, 9.17) is 11.6 Å². The Morgan fingerprint density at radius 2 is 2.06 bits per heavy atom. The number of hydrogen-bond acceptors (Lipinski definition) is 3. The van der Waals surface area contributed by atoms with E-state index in [0.717, 1.165) is 6.42 Å². The van der Waals surface area contributed by atoms with Crippen LogP contribution in [-0.2, 0) is 11.2 Å². The monoisotopic (exact) mass is 275 g/mol. The average Bonchev–Trinajstić information content (AvgIpc) is 2.35. The first-order valence-corrected chi connectivity index (χ1v) is 6.93. The van der Waals surface area contributed by atoms with Crippen molar-refractivity contribution in [3.63, 3.8) is 0 Å². The zero-order valence-electron chi connectivity index (χ0n) is 9.43. The Morgan fingerprint density at radius 3 is 2.59 bits per heavy atom. The van der Waals surface area contributed by atoms with Gasteiger partial charge < -0.3 is 4.55 Å². The quantitative estimate of drug-likeness (QED) is 0.521. The molecule has 0 heterocycles. The smallest absolute Gasteiger partial charge is 0.457 e.